The molecule has 3 aromatic rings. The van der Waals surface area contributed by atoms with Crippen LogP contribution >= 0.6 is 11.3 Å². The van der Waals surface area contributed by atoms with Gasteiger partial charge in [-0.25, -0.2) is 14.8 Å². The largest absolute Gasteiger partial charge is 0.457 e. The molecule has 0 aromatic carbocycles. The third kappa shape index (κ3) is 8.76. The van der Waals surface area contributed by atoms with Gasteiger partial charge in [-0.05, 0) is 51.8 Å². The number of carbonyl (C=O) groups excluding carboxylic acids is 3. The summed E-state index contributed by atoms with van der Waals surface area (Å²) in [4.78, 5) is 65.1. The number of pyridine rings is 1. The molecule has 0 aliphatic carbocycles. The fourth-order valence-corrected chi connectivity index (χ4v) is 5.65. The number of ether oxygens (including phenoxy) is 1. The average molecular weight is 639 g/mol. The highest BCUT2D eigenvalue weighted by Gasteiger charge is 2.25. The van der Waals surface area contributed by atoms with E-state index in [0.717, 1.165) is 5.69 Å². The maximum atomic E-state index is 13.8. The first kappa shape index (κ1) is 33.8. The summed E-state index contributed by atoms with van der Waals surface area (Å²) in [6.45, 7) is 13.2. The minimum atomic E-state index is -0.703. The Morgan fingerprint density at radius 2 is 1.78 bits per heavy atom. The minimum absolute atomic E-state index is 0.0187. The lowest BCUT2D eigenvalue weighted by molar-refractivity contribution is -0.148. The van der Waals surface area contributed by atoms with Gasteiger partial charge in [0, 0.05) is 67.8 Å². The number of piperazine rings is 1. The Labute approximate surface area is 266 Å². The molecule has 3 aromatic heterocycles. The van der Waals surface area contributed by atoms with Crippen molar-refractivity contribution >= 4 is 51.8 Å². The van der Waals surface area contributed by atoms with E-state index in [9.17, 15) is 19.2 Å². The highest BCUT2D eigenvalue weighted by atomic mass is 32.1. The van der Waals surface area contributed by atoms with E-state index in [4.69, 9.17) is 14.8 Å². The highest BCUT2D eigenvalue weighted by Crippen LogP contribution is 2.27. The van der Waals surface area contributed by atoms with E-state index in [1.54, 1.807) is 31.7 Å². The van der Waals surface area contributed by atoms with Gasteiger partial charge in [-0.2, -0.15) is 0 Å². The van der Waals surface area contributed by atoms with Gasteiger partial charge in [0.2, 0.25) is 5.91 Å². The van der Waals surface area contributed by atoms with Crippen molar-refractivity contribution in [1.29, 1.82) is 0 Å². The second kappa shape index (κ2) is 13.9. The zero-order chi connectivity index (χ0) is 32.9. The van der Waals surface area contributed by atoms with Gasteiger partial charge in [-0.3, -0.25) is 24.1 Å². The Hall–Kier alpha value is -4.10. The van der Waals surface area contributed by atoms with Crippen LogP contribution in [0.25, 0.3) is 11.7 Å². The third-order valence-electron chi connectivity index (χ3n) is 7.12. The number of thiazole rings is 1. The van der Waals surface area contributed by atoms with Crippen LogP contribution in [0.15, 0.2) is 34.6 Å². The second-order valence-electron chi connectivity index (χ2n) is 13.0. The number of rotatable bonds is 9. The van der Waals surface area contributed by atoms with Gasteiger partial charge in [-0.15, -0.1) is 11.3 Å². The maximum absolute atomic E-state index is 13.8. The molecule has 1 aliphatic heterocycles. The van der Waals surface area contributed by atoms with Crippen LogP contribution in [-0.4, -0.2) is 80.5 Å². The SMILES string of the molecule is CC(C)(C)OC(=O)C=Cc1c(N2CCN(C(=O)CCCCO)CC2)nc2cc(C(=O)Nc3nc(C(C)(C)C)cs3)ccn2c1=O. The number of hydrogen-bond donors (Lipinski definition) is 2. The van der Waals surface area contributed by atoms with Crippen molar-refractivity contribution in [2.75, 3.05) is 43.0 Å². The van der Waals surface area contributed by atoms with Crippen LogP contribution in [0.2, 0.25) is 0 Å². The van der Waals surface area contributed by atoms with Gasteiger partial charge in [-0.1, -0.05) is 20.8 Å². The fraction of sp³-hybridized carbons (Fsp3) is 0.500. The van der Waals surface area contributed by atoms with E-state index in [0.29, 0.717) is 62.0 Å². The topological polar surface area (TPSA) is 146 Å². The molecular weight excluding hydrogens is 596 g/mol. The molecule has 0 unspecified atom stereocenters. The first-order valence-electron chi connectivity index (χ1n) is 15.0. The first-order valence-corrected chi connectivity index (χ1v) is 15.9. The molecule has 0 spiro atoms. The summed E-state index contributed by atoms with van der Waals surface area (Å²) >= 11 is 1.34. The number of aromatic nitrogens is 3. The Morgan fingerprint density at radius 3 is 2.40 bits per heavy atom. The van der Waals surface area contributed by atoms with Crippen LogP contribution in [-0.2, 0) is 19.7 Å². The quantitative estimate of drug-likeness (QED) is 0.203. The Bertz CT molecular complexity index is 1640. The lowest BCUT2D eigenvalue weighted by Gasteiger charge is -2.36. The van der Waals surface area contributed by atoms with E-state index in [1.807, 2.05) is 31.1 Å². The number of esters is 1. The van der Waals surface area contributed by atoms with Gasteiger partial charge >= 0.3 is 5.97 Å². The minimum Gasteiger partial charge on any atom is -0.457 e. The molecule has 242 valence electrons. The average Bonchev–Trinajstić information content (AvgIpc) is 3.45. The predicted octanol–water partition coefficient (Wildman–Crippen LogP) is 3.87. The van der Waals surface area contributed by atoms with Gasteiger partial charge in [0.1, 0.15) is 17.1 Å². The van der Waals surface area contributed by atoms with Crippen molar-refractivity contribution in [3.63, 3.8) is 0 Å². The number of amides is 2. The standard InChI is InChI=1S/C32H42N6O6S/c1-31(2,3)23-20-45-30(33-23)35-28(42)21-12-13-38-24(19-21)34-27(22(29(38)43)10-11-26(41)44-32(4,5)6)37-16-14-36(15-17-37)25(40)9-7-8-18-39/h10-13,19-20,39H,7-9,14-18H2,1-6H3,(H,33,35,42). The molecule has 1 saturated heterocycles. The predicted molar refractivity (Wildman–Crippen MR) is 175 cm³/mol. The number of unbranched alkanes of at least 4 members (excludes halogenated alkanes) is 1. The summed E-state index contributed by atoms with van der Waals surface area (Å²) in [5.41, 5.74) is 0.348. The van der Waals surface area contributed by atoms with Crippen LogP contribution in [0.5, 0.6) is 0 Å². The van der Waals surface area contributed by atoms with Crippen LogP contribution < -0.4 is 15.8 Å². The molecule has 2 amide bonds. The van der Waals surface area contributed by atoms with Crippen molar-refractivity contribution in [3.05, 3.63) is 57.0 Å². The van der Waals surface area contributed by atoms with Gasteiger partial charge in [0.15, 0.2) is 5.13 Å². The zero-order valence-electron chi connectivity index (χ0n) is 26.8. The number of aliphatic hydroxyl groups is 1. The third-order valence-corrected chi connectivity index (χ3v) is 7.88. The molecule has 1 fully saturated rings. The van der Waals surface area contributed by atoms with E-state index in [-0.39, 0.29) is 35.0 Å². The van der Waals surface area contributed by atoms with E-state index >= 15 is 0 Å². The van der Waals surface area contributed by atoms with Crippen LogP contribution in [0.1, 0.15) is 82.4 Å². The molecule has 12 nitrogen and oxygen atoms in total. The molecule has 1 aliphatic rings. The molecule has 13 heteroatoms. The Kier molecular flexibility index (Phi) is 10.4. The number of carbonyl (C=O) groups is 3. The number of anilines is 2. The monoisotopic (exact) mass is 638 g/mol. The number of aliphatic hydroxyl groups excluding tert-OH is 1. The van der Waals surface area contributed by atoms with Crippen LogP contribution in [0, 0.1) is 0 Å². The molecule has 0 saturated carbocycles. The van der Waals surface area contributed by atoms with Gasteiger partial charge < -0.3 is 19.6 Å². The number of nitrogens with one attached hydrogen (secondary N) is 1. The maximum Gasteiger partial charge on any atom is 0.331 e. The molecule has 4 heterocycles. The van der Waals surface area contributed by atoms with Crippen molar-refractivity contribution in [2.45, 2.75) is 71.8 Å². The summed E-state index contributed by atoms with van der Waals surface area (Å²) in [5.74, 6) is -0.616. The molecule has 0 bridgehead atoms. The van der Waals surface area contributed by atoms with E-state index in [2.05, 4.69) is 10.3 Å². The zero-order valence-corrected chi connectivity index (χ0v) is 27.6. The molecule has 4 rings (SSSR count). The van der Waals surface area contributed by atoms with E-state index in [1.165, 1.54) is 40.2 Å². The second-order valence-corrected chi connectivity index (χ2v) is 13.8. The lowest BCUT2D eigenvalue weighted by Crippen LogP contribution is -2.49. The first-order chi connectivity index (χ1) is 21.2. The molecular formula is C32H42N6O6S. The van der Waals surface area contributed by atoms with Crippen molar-refractivity contribution in [3.8, 4) is 0 Å². The van der Waals surface area contributed by atoms with Gasteiger partial charge in [0.05, 0.1) is 11.3 Å². The number of fused-ring (bicyclic) bond motifs is 1. The summed E-state index contributed by atoms with van der Waals surface area (Å²) in [7, 11) is 0. The van der Waals surface area contributed by atoms with Crippen LogP contribution in [0.3, 0.4) is 0 Å². The summed E-state index contributed by atoms with van der Waals surface area (Å²) < 4.78 is 6.72. The van der Waals surface area contributed by atoms with Gasteiger partial charge in [0.25, 0.3) is 11.5 Å². The molecule has 45 heavy (non-hydrogen) atoms. The Morgan fingerprint density at radius 1 is 1.07 bits per heavy atom. The lowest BCUT2D eigenvalue weighted by atomic mass is 9.93. The molecule has 0 radical (unpaired) electrons. The Balaban J connectivity index is 1.65. The van der Waals surface area contributed by atoms with Crippen molar-refractivity contribution in [2.24, 2.45) is 0 Å². The van der Waals surface area contributed by atoms with Crippen molar-refractivity contribution < 1.29 is 24.2 Å². The highest BCUT2D eigenvalue weighted by molar-refractivity contribution is 7.14. The summed E-state index contributed by atoms with van der Waals surface area (Å²) in [6.07, 6.45) is 5.67. The number of nitrogens with zero attached hydrogens (tertiary/aromatic N) is 5. The number of hydrogen-bond acceptors (Lipinski definition) is 10. The fourth-order valence-electron chi connectivity index (χ4n) is 4.71. The molecule has 2 N–H and O–H groups in total. The normalized spacial score (nSPS) is 14.3. The summed E-state index contributed by atoms with van der Waals surface area (Å²) in [6, 6.07) is 3.08. The van der Waals surface area contributed by atoms with Crippen LogP contribution in [0.4, 0.5) is 10.9 Å². The summed E-state index contributed by atoms with van der Waals surface area (Å²) in [5, 5.41) is 14.2. The van der Waals surface area contributed by atoms with E-state index < -0.39 is 17.1 Å². The van der Waals surface area contributed by atoms with Crippen molar-refractivity contribution in [1.82, 2.24) is 19.3 Å². The smallest absolute Gasteiger partial charge is 0.331 e. The molecule has 0 atom stereocenters.